The predicted molar refractivity (Wildman–Crippen MR) is 79.6 cm³/mol. The first-order chi connectivity index (χ1) is 9.88. The molecule has 4 heteroatoms. The Hall–Kier alpha value is -0.870. The Morgan fingerprint density at radius 2 is 2.00 bits per heavy atom. The van der Waals surface area contributed by atoms with Crippen molar-refractivity contribution in [2.45, 2.75) is 44.7 Å². The van der Waals surface area contributed by atoms with Crippen molar-refractivity contribution < 1.29 is 0 Å². The molecular weight excluding hydrogens is 248 g/mol. The molecule has 0 aromatic carbocycles. The molecule has 20 heavy (non-hydrogen) atoms. The molecule has 4 nitrogen and oxygen atoms in total. The number of fused-ring (bicyclic) bond motifs is 1. The molecule has 2 fully saturated rings. The van der Waals surface area contributed by atoms with Crippen molar-refractivity contribution in [1.29, 1.82) is 0 Å². The molecule has 3 aliphatic rings. The van der Waals surface area contributed by atoms with Crippen molar-refractivity contribution in [2.75, 3.05) is 32.7 Å². The summed E-state index contributed by atoms with van der Waals surface area (Å²) in [4.78, 5) is 5.30. The topological polar surface area (TPSA) is 24.3 Å². The van der Waals surface area contributed by atoms with E-state index >= 15 is 0 Å². The Bertz CT molecular complexity index is 445. The maximum Gasteiger partial charge on any atom is 0.0662 e. The molecule has 0 spiro atoms. The highest BCUT2D eigenvalue weighted by Gasteiger charge is 2.30. The van der Waals surface area contributed by atoms with E-state index in [2.05, 4.69) is 25.6 Å². The fourth-order valence-electron chi connectivity index (χ4n) is 3.82. The van der Waals surface area contributed by atoms with Crippen molar-refractivity contribution in [3.05, 3.63) is 18.0 Å². The molecule has 3 heterocycles. The van der Waals surface area contributed by atoms with E-state index in [9.17, 15) is 0 Å². The van der Waals surface area contributed by atoms with Gasteiger partial charge < -0.3 is 4.90 Å². The normalized spacial score (nSPS) is 27.9. The van der Waals surface area contributed by atoms with Gasteiger partial charge in [-0.3, -0.25) is 9.58 Å². The molecule has 0 N–H and O–H groups in total. The molecule has 1 atom stereocenters. The number of nitrogens with zero attached hydrogens (tertiary/aromatic N) is 4. The van der Waals surface area contributed by atoms with E-state index in [1.54, 1.807) is 0 Å². The fourth-order valence-corrected chi connectivity index (χ4v) is 3.82. The molecular formula is C16H26N4. The third-order valence-corrected chi connectivity index (χ3v) is 5.14. The smallest absolute Gasteiger partial charge is 0.0662 e. The standard InChI is InChI=1S/C16H26N4/c1-2-9-18(8-1)10-6-16-13-19(11-14-3-4-14)12-15-5-7-17-20(15)16/h5,7,14,16H,1-4,6,8-13H2. The first kappa shape index (κ1) is 12.8. The number of rotatable bonds is 5. The average molecular weight is 274 g/mol. The van der Waals surface area contributed by atoms with Crippen LogP contribution < -0.4 is 0 Å². The summed E-state index contributed by atoms with van der Waals surface area (Å²) in [5.74, 6) is 0.990. The molecule has 1 aliphatic carbocycles. The number of aromatic nitrogens is 2. The Morgan fingerprint density at radius 1 is 1.15 bits per heavy atom. The maximum absolute atomic E-state index is 4.58. The third kappa shape index (κ3) is 2.77. The van der Waals surface area contributed by atoms with Gasteiger partial charge in [0.15, 0.2) is 0 Å². The zero-order valence-electron chi connectivity index (χ0n) is 12.4. The van der Waals surface area contributed by atoms with E-state index in [1.165, 1.54) is 70.5 Å². The third-order valence-electron chi connectivity index (χ3n) is 5.14. The first-order valence-electron chi connectivity index (χ1n) is 8.35. The van der Waals surface area contributed by atoms with Crippen LogP contribution >= 0.6 is 0 Å². The van der Waals surface area contributed by atoms with E-state index in [1.807, 2.05) is 6.20 Å². The van der Waals surface area contributed by atoms with Gasteiger partial charge in [-0.2, -0.15) is 5.10 Å². The van der Waals surface area contributed by atoms with Crippen LogP contribution in [-0.2, 0) is 6.54 Å². The SMILES string of the molecule is c1cc2n(n1)C(CCN1CCCC1)CN(CC1CC1)C2. The average Bonchev–Trinajstić information content (AvgIpc) is 2.95. The van der Waals surface area contributed by atoms with Crippen LogP contribution in [0.1, 0.15) is 43.8 Å². The molecule has 2 aliphatic heterocycles. The van der Waals surface area contributed by atoms with Crippen molar-refractivity contribution in [1.82, 2.24) is 19.6 Å². The fraction of sp³-hybridized carbons (Fsp3) is 0.812. The second kappa shape index (κ2) is 5.49. The quantitative estimate of drug-likeness (QED) is 0.822. The number of hydrogen-bond acceptors (Lipinski definition) is 3. The number of likely N-dealkylation sites (tertiary alicyclic amines) is 1. The van der Waals surface area contributed by atoms with Crippen LogP contribution in [0.3, 0.4) is 0 Å². The van der Waals surface area contributed by atoms with E-state index in [4.69, 9.17) is 0 Å². The summed E-state index contributed by atoms with van der Waals surface area (Å²) in [6.45, 7) is 7.50. The van der Waals surface area contributed by atoms with Gasteiger partial charge in [0.25, 0.3) is 0 Å². The Morgan fingerprint density at radius 3 is 2.80 bits per heavy atom. The van der Waals surface area contributed by atoms with Crippen molar-refractivity contribution in [2.24, 2.45) is 5.92 Å². The van der Waals surface area contributed by atoms with Gasteiger partial charge in [0, 0.05) is 32.4 Å². The van der Waals surface area contributed by atoms with E-state index in [0.717, 1.165) is 12.5 Å². The number of hydrogen-bond donors (Lipinski definition) is 0. The predicted octanol–water partition coefficient (Wildman–Crippen LogP) is 2.14. The van der Waals surface area contributed by atoms with Gasteiger partial charge in [-0.1, -0.05) is 0 Å². The molecule has 1 saturated carbocycles. The molecule has 1 unspecified atom stereocenters. The molecule has 4 rings (SSSR count). The minimum absolute atomic E-state index is 0.591. The van der Waals surface area contributed by atoms with Gasteiger partial charge in [0.2, 0.25) is 0 Å². The lowest BCUT2D eigenvalue weighted by atomic mass is 10.1. The van der Waals surface area contributed by atoms with Crippen LogP contribution in [0.4, 0.5) is 0 Å². The van der Waals surface area contributed by atoms with E-state index in [0.29, 0.717) is 6.04 Å². The minimum atomic E-state index is 0.591. The highest BCUT2D eigenvalue weighted by Crippen LogP contribution is 2.32. The zero-order valence-corrected chi connectivity index (χ0v) is 12.4. The van der Waals surface area contributed by atoms with Crippen LogP contribution in [0.25, 0.3) is 0 Å². The highest BCUT2D eigenvalue weighted by molar-refractivity contribution is 5.05. The van der Waals surface area contributed by atoms with Crippen molar-refractivity contribution in [3.8, 4) is 0 Å². The van der Waals surface area contributed by atoms with Crippen LogP contribution in [-0.4, -0.2) is 52.3 Å². The van der Waals surface area contributed by atoms with Gasteiger partial charge in [0.05, 0.1) is 11.7 Å². The van der Waals surface area contributed by atoms with Gasteiger partial charge in [-0.25, -0.2) is 0 Å². The summed E-state index contributed by atoms with van der Waals surface area (Å²) in [6.07, 6.45) is 8.94. The molecule has 1 aromatic heterocycles. The van der Waals surface area contributed by atoms with Crippen molar-refractivity contribution in [3.63, 3.8) is 0 Å². The Balaban J connectivity index is 1.40. The first-order valence-corrected chi connectivity index (χ1v) is 8.35. The second-order valence-electron chi connectivity index (χ2n) is 6.90. The summed E-state index contributed by atoms with van der Waals surface area (Å²) in [6, 6.07) is 2.80. The lowest BCUT2D eigenvalue weighted by Gasteiger charge is -2.34. The molecule has 1 aromatic rings. The van der Waals surface area contributed by atoms with Gasteiger partial charge in [-0.15, -0.1) is 0 Å². The zero-order chi connectivity index (χ0) is 13.4. The Kier molecular flexibility index (Phi) is 3.52. The van der Waals surface area contributed by atoms with Crippen LogP contribution in [0.5, 0.6) is 0 Å². The summed E-state index contributed by atoms with van der Waals surface area (Å²) < 4.78 is 2.31. The molecule has 0 radical (unpaired) electrons. The van der Waals surface area contributed by atoms with Crippen molar-refractivity contribution >= 4 is 0 Å². The monoisotopic (exact) mass is 274 g/mol. The largest absolute Gasteiger partial charge is 0.303 e. The second-order valence-corrected chi connectivity index (χ2v) is 6.90. The van der Waals surface area contributed by atoms with Crippen LogP contribution in [0.2, 0.25) is 0 Å². The molecule has 0 bridgehead atoms. The highest BCUT2D eigenvalue weighted by atomic mass is 15.4. The van der Waals surface area contributed by atoms with Gasteiger partial charge in [-0.05, 0) is 57.2 Å². The van der Waals surface area contributed by atoms with Gasteiger partial charge in [0.1, 0.15) is 0 Å². The summed E-state index contributed by atoms with van der Waals surface area (Å²) >= 11 is 0. The molecule has 1 saturated heterocycles. The lowest BCUT2D eigenvalue weighted by Crippen LogP contribution is -2.40. The summed E-state index contributed by atoms with van der Waals surface area (Å²) in [7, 11) is 0. The lowest BCUT2D eigenvalue weighted by molar-refractivity contribution is 0.153. The van der Waals surface area contributed by atoms with Crippen LogP contribution in [0.15, 0.2) is 12.3 Å². The minimum Gasteiger partial charge on any atom is -0.303 e. The van der Waals surface area contributed by atoms with Crippen LogP contribution in [0, 0.1) is 5.92 Å². The Labute approximate surface area is 121 Å². The molecule has 0 amide bonds. The van der Waals surface area contributed by atoms with E-state index in [-0.39, 0.29) is 0 Å². The summed E-state index contributed by atoms with van der Waals surface area (Å²) in [5.41, 5.74) is 1.42. The maximum atomic E-state index is 4.58. The summed E-state index contributed by atoms with van der Waals surface area (Å²) in [5, 5.41) is 4.58. The molecule has 110 valence electrons. The van der Waals surface area contributed by atoms with Gasteiger partial charge >= 0.3 is 0 Å². The van der Waals surface area contributed by atoms with E-state index < -0.39 is 0 Å².